The van der Waals surface area contributed by atoms with Crippen LogP contribution in [0.15, 0.2) is 0 Å². The van der Waals surface area contributed by atoms with E-state index in [9.17, 15) is 4.79 Å². The standard InChI is InChI=1S/C14H29N3O/c1-11(2)7-12-13(18)17(10-15-12)9-14(3,4)8-16(5)6/h11-12,15H,7-10H2,1-6H3. The molecule has 0 aromatic heterocycles. The Kier molecular flexibility index (Phi) is 5.17. The lowest BCUT2D eigenvalue weighted by Crippen LogP contribution is -2.42. The lowest BCUT2D eigenvalue weighted by molar-refractivity contribution is -0.130. The fourth-order valence-electron chi connectivity index (χ4n) is 2.82. The molecule has 1 aliphatic rings. The topological polar surface area (TPSA) is 35.6 Å². The Morgan fingerprint density at radius 3 is 2.56 bits per heavy atom. The highest BCUT2D eigenvalue weighted by molar-refractivity contribution is 5.83. The van der Waals surface area contributed by atoms with Crippen molar-refractivity contribution in [3.05, 3.63) is 0 Å². The minimum atomic E-state index is 0.0279. The normalized spacial score (nSPS) is 21.4. The van der Waals surface area contributed by atoms with Crippen molar-refractivity contribution in [1.29, 1.82) is 0 Å². The fraction of sp³-hybridized carbons (Fsp3) is 0.929. The summed E-state index contributed by atoms with van der Waals surface area (Å²) in [6.07, 6.45) is 0.934. The maximum absolute atomic E-state index is 12.3. The number of nitrogens with zero attached hydrogens (tertiary/aromatic N) is 2. The van der Waals surface area contributed by atoms with Gasteiger partial charge in [-0.15, -0.1) is 0 Å². The van der Waals surface area contributed by atoms with E-state index in [0.717, 1.165) is 19.5 Å². The molecule has 0 aliphatic carbocycles. The molecule has 1 unspecified atom stereocenters. The van der Waals surface area contributed by atoms with Crippen LogP contribution in [0.4, 0.5) is 0 Å². The summed E-state index contributed by atoms with van der Waals surface area (Å²) in [6.45, 7) is 11.3. The Morgan fingerprint density at radius 2 is 2.06 bits per heavy atom. The van der Waals surface area contributed by atoms with Crippen LogP contribution in [0, 0.1) is 11.3 Å². The Hall–Kier alpha value is -0.610. The third-order valence-electron chi connectivity index (χ3n) is 3.21. The van der Waals surface area contributed by atoms with E-state index in [-0.39, 0.29) is 17.4 Å². The van der Waals surface area contributed by atoms with Crippen molar-refractivity contribution in [3.63, 3.8) is 0 Å². The van der Waals surface area contributed by atoms with Gasteiger partial charge in [0.25, 0.3) is 0 Å². The Morgan fingerprint density at radius 1 is 1.44 bits per heavy atom. The number of rotatable bonds is 6. The summed E-state index contributed by atoms with van der Waals surface area (Å²) in [5.41, 5.74) is 0.133. The summed E-state index contributed by atoms with van der Waals surface area (Å²) in [5.74, 6) is 0.830. The summed E-state index contributed by atoms with van der Waals surface area (Å²) in [5, 5.41) is 3.33. The Bertz CT molecular complexity index is 287. The van der Waals surface area contributed by atoms with Crippen molar-refractivity contribution in [2.45, 2.75) is 40.2 Å². The third-order valence-corrected chi connectivity index (χ3v) is 3.21. The number of nitrogens with one attached hydrogen (secondary N) is 1. The Balaban J connectivity index is 2.52. The first-order valence-electron chi connectivity index (χ1n) is 6.88. The van der Waals surface area contributed by atoms with Gasteiger partial charge in [-0.1, -0.05) is 27.7 Å². The molecule has 1 atom stereocenters. The SMILES string of the molecule is CC(C)CC1NCN(CC(C)(C)CN(C)C)C1=O. The van der Waals surface area contributed by atoms with Crippen molar-refractivity contribution < 1.29 is 4.79 Å². The molecule has 1 aliphatic heterocycles. The summed E-state index contributed by atoms with van der Waals surface area (Å²) < 4.78 is 0. The molecule has 1 amide bonds. The van der Waals surface area contributed by atoms with Crippen LogP contribution in [0.25, 0.3) is 0 Å². The highest BCUT2D eigenvalue weighted by atomic mass is 16.2. The minimum Gasteiger partial charge on any atom is -0.328 e. The van der Waals surface area contributed by atoms with Crippen molar-refractivity contribution in [2.75, 3.05) is 33.9 Å². The van der Waals surface area contributed by atoms with Gasteiger partial charge in [-0.2, -0.15) is 0 Å². The molecule has 0 radical (unpaired) electrons. The molecule has 0 spiro atoms. The molecular formula is C14H29N3O. The molecule has 0 saturated carbocycles. The van der Waals surface area contributed by atoms with Crippen LogP contribution in [0.3, 0.4) is 0 Å². The summed E-state index contributed by atoms with van der Waals surface area (Å²) >= 11 is 0. The molecule has 4 nitrogen and oxygen atoms in total. The zero-order chi connectivity index (χ0) is 13.9. The molecule has 0 aromatic carbocycles. The molecule has 1 saturated heterocycles. The van der Waals surface area contributed by atoms with Gasteiger partial charge in [-0.05, 0) is 31.8 Å². The second-order valence-corrected chi connectivity index (χ2v) is 6.98. The molecule has 0 bridgehead atoms. The van der Waals surface area contributed by atoms with E-state index in [0.29, 0.717) is 12.6 Å². The van der Waals surface area contributed by atoms with Crippen LogP contribution in [0.5, 0.6) is 0 Å². The highest BCUT2D eigenvalue weighted by Crippen LogP contribution is 2.21. The fourth-order valence-corrected chi connectivity index (χ4v) is 2.82. The average molecular weight is 255 g/mol. The van der Waals surface area contributed by atoms with Gasteiger partial charge in [-0.3, -0.25) is 10.1 Å². The number of carbonyl (C=O) groups is 1. The zero-order valence-electron chi connectivity index (χ0n) is 12.8. The molecule has 1 rings (SSSR count). The van der Waals surface area contributed by atoms with Gasteiger partial charge in [0, 0.05) is 13.1 Å². The molecule has 0 aromatic rings. The predicted octanol–water partition coefficient (Wildman–Crippen LogP) is 1.38. The van der Waals surface area contributed by atoms with Crippen LogP contribution in [-0.4, -0.2) is 55.6 Å². The lowest BCUT2D eigenvalue weighted by Gasteiger charge is -2.32. The molecule has 1 heterocycles. The summed E-state index contributed by atoms with van der Waals surface area (Å²) in [7, 11) is 4.15. The monoisotopic (exact) mass is 255 g/mol. The van der Waals surface area contributed by atoms with Crippen molar-refractivity contribution >= 4 is 5.91 Å². The maximum atomic E-state index is 12.3. The molecule has 4 heteroatoms. The van der Waals surface area contributed by atoms with Gasteiger partial charge >= 0.3 is 0 Å². The van der Waals surface area contributed by atoms with E-state index in [4.69, 9.17) is 0 Å². The third kappa shape index (κ3) is 4.58. The summed E-state index contributed by atoms with van der Waals surface area (Å²) in [4.78, 5) is 16.4. The van der Waals surface area contributed by atoms with Crippen LogP contribution < -0.4 is 5.32 Å². The van der Waals surface area contributed by atoms with Gasteiger partial charge in [0.05, 0.1) is 12.7 Å². The van der Waals surface area contributed by atoms with Gasteiger partial charge in [0.1, 0.15) is 0 Å². The zero-order valence-corrected chi connectivity index (χ0v) is 12.8. The molecule has 1 fully saturated rings. The van der Waals surface area contributed by atoms with E-state index in [1.165, 1.54) is 0 Å². The summed E-state index contributed by atoms with van der Waals surface area (Å²) in [6, 6.07) is 0.0279. The van der Waals surface area contributed by atoms with Crippen LogP contribution in [-0.2, 0) is 4.79 Å². The smallest absolute Gasteiger partial charge is 0.240 e. The van der Waals surface area contributed by atoms with E-state index >= 15 is 0 Å². The number of carbonyl (C=O) groups excluding carboxylic acids is 1. The molecule has 106 valence electrons. The second kappa shape index (κ2) is 6.02. The quantitative estimate of drug-likeness (QED) is 0.779. The second-order valence-electron chi connectivity index (χ2n) is 6.98. The van der Waals surface area contributed by atoms with Gasteiger partial charge in [0.15, 0.2) is 0 Å². The number of hydrogen-bond donors (Lipinski definition) is 1. The van der Waals surface area contributed by atoms with Crippen LogP contribution >= 0.6 is 0 Å². The van der Waals surface area contributed by atoms with Crippen molar-refractivity contribution in [2.24, 2.45) is 11.3 Å². The van der Waals surface area contributed by atoms with Crippen molar-refractivity contribution in [3.8, 4) is 0 Å². The van der Waals surface area contributed by atoms with Gasteiger partial charge in [-0.25, -0.2) is 0 Å². The van der Waals surface area contributed by atoms with E-state index in [1.54, 1.807) is 0 Å². The predicted molar refractivity (Wildman–Crippen MR) is 75.3 cm³/mol. The van der Waals surface area contributed by atoms with Crippen molar-refractivity contribution in [1.82, 2.24) is 15.1 Å². The first-order valence-corrected chi connectivity index (χ1v) is 6.88. The highest BCUT2D eigenvalue weighted by Gasteiger charge is 2.34. The molecular weight excluding hydrogens is 226 g/mol. The minimum absolute atomic E-state index is 0.0279. The first-order chi connectivity index (χ1) is 8.21. The van der Waals surface area contributed by atoms with Crippen LogP contribution in [0.2, 0.25) is 0 Å². The number of amides is 1. The van der Waals surface area contributed by atoms with Gasteiger partial charge in [0.2, 0.25) is 5.91 Å². The lowest BCUT2D eigenvalue weighted by atomic mass is 9.92. The largest absolute Gasteiger partial charge is 0.328 e. The maximum Gasteiger partial charge on any atom is 0.240 e. The average Bonchev–Trinajstić information content (AvgIpc) is 2.46. The van der Waals surface area contributed by atoms with E-state index in [2.05, 4.69) is 52.0 Å². The van der Waals surface area contributed by atoms with Crippen LogP contribution in [0.1, 0.15) is 34.1 Å². The number of hydrogen-bond acceptors (Lipinski definition) is 3. The Labute approximate surface area is 112 Å². The van der Waals surface area contributed by atoms with E-state index in [1.807, 2.05) is 4.90 Å². The first kappa shape index (κ1) is 15.4. The molecule has 1 N–H and O–H groups in total. The van der Waals surface area contributed by atoms with E-state index < -0.39 is 0 Å². The van der Waals surface area contributed by atoms with Gasteiger partial charge < -0.3 is 9.80 Å². The molecule has 18 heavy (non-hydrogen) atoms.